The molecular weight excluding hydrogens is 395 g/mol. The summed E-state index contributed by atoms with van der Waals surface area (Å²) in [5, 5.41) is 4.02. The highest BCUT2D eigenvalue weighted by molar-refractivity contribution is 7.95. The first-order valence-corrected chi connectivity index (χ1v) is 13.7. The van der Waals surface area contributed by atoms with Crippen LogP contribution in [0.2, 0.25) is 0 Å². The summed E-state index contributed by atoms with van der Waals surface area (Å²) < 4.78 is 24.2. The van der Waals surface area contributed by atoms with E-state index in [0.29, 0.717) is 6.42 Å². The van der Waals surface area contributed by atoms with Crippen molar-refractivity contribution in [1.29, 1.82) is 0 Å². The zero-order chi connectivity index (χ0) is 20.6. The number of hydrogen-bond acceptors (Lipinski definition) is 2. The highest BCUT2D eigenvalue weighted by atomic mass is 32.2. The molecule has 3 aromatic rings. The lowest BCUT2D eigenvalue weighted by molar-refractivity contribution is 0.596. The van der Waals surface area contributed by atoms with Crippen molar-refractivity contribution in [1.82, 2.24) is 0 Å². The summed E-state index contributed by atoms with van der Waals surface area (Å²) in [6, 6.07) is 32.1. The van der Waals surface area contributed by atoms with E-state index in [0.717, 1.165) is 12.6 Å². The summed E-state index contributed by atoms with van der Waals surface area (Å²) in [6.07, 6.45) is 3.96. The van der Waals surface area contributed by atoms with Crippen molar-refractivity contribution in [3.63, 3.8) is 0 Å². The van der Waals surface area contributed by atoms with Gasteiger partial charge in [0.05, 0.1) is 11.5 Å². The molecule has 3 aromatic carbocycles. The van der Waals surface area contributed by atoms with Crippen molar-refractivity contribution < 1.29 is 8.42 Å². The van der Waals surface area contributed by atoms with E-state index in [1.165, 1.54) is 22.0 Å². The van der Waals surface area contributed by atoms with Gasteiger partial charge in [-0.15, -0.1) is 6.58 Å². The quantitative estimate of drug-likeness (QED) is 0.276. The molecule has 0 atom stereocenters. The summed E-state index contributed by atoms with van der Waals surface area (Å²) in [5.41, 5.74) is 0. The van der Waals surface area contributed by atoms with Gasteiger partial charge in [0.1, 0.15) is 0 Å². The molecule has 0 N–H and O–H groups in total. The Morgan fingerprint density at radius 1 is 0.690 bits per heavy atom. The molecule has 3 rings (SSSR count). The highest BCUT2D eigenvalue weighted by Crippen LogP contribution is 2.55. The van der Waals surface area contributed by atoms with Crippen LogP contribution in [-0.4, -0.2) is 26.1 Å². The lowest BCUT2D eigenvalue weighted by atomic mass is 10.3. The van der Waals surface area contributed by atoms with Crippen molar-refractivity contribution in [3.05, 3.63) is 104 Å². The van der Waals surface area contributed by atoms with Crippen LogP contribution in [0.25, 0.3) is 0 Å². The molecule has 0 unspecified atom stereocenters. The molecule has 0 aliphatic heterocycles. The zero-order valence-corrected chi connectivity index (χ0v) is 18.4. The topological polar surface area (TPSA) is 34.1 Å². The van der Waals surface area contributed by atoms with Gasteiger partial charge in [-0.3, -0.25) is 0 Å². The zero-order valence-electron chi connectivity index (χ0n) is 16.7. The third-order valence-corrected chi connectivity index (χ3v) is 11.3. The molecule has 0 aromatic heterocycles. The van der Waals surface area contributed by atoms with Crippen LogP contribution < -0.4 is 15.9 Å². The van der Waals surface area contributed by atoms with Gasteiger partial charge in [-0.2, -0.15) is 0 Å². The Morgan fingerprint density at radius 3 is 1.48 bits per heavy atom. The van der Waals surface area contributed by atoms with E-state index >= 15 is 0 Å². The molecule has 0 aliphatic rings. The van der Waals surface area contributed by atoms with Crippen molar-refractivity contribution in [3.8, 4) is 0 Å². The summed E-state index contributed by atoms with van der Waals surface area (Å²) in [5.74, 6) is 0.279. The molecule has 0 aliphatic carbocycles. The lowest BCUT2D eigenvalue weighted by Crippen LogP contribution is -2.33. The van der Waals surface area contributed by atoms with Gasteiger partial charge in [-0.25, -0.2) is 8.42 Å². The average Bonchev–Trinajstić information content (AvgIpc) is 2.76. The number of benzene rings is 3. The van der Waals surface area contributed by atoms with Crippen LogP contribution in [0.15, 0.2) is 104 Å². The van der Waals surface area contributed by atoms with Gasteiger partial charge in [-0.1, -0.05) is 97.1 Å². The van der Waals surface area contributed by atoms with Crippen LogP contribution >= 0.6 is 7.26 Å². The van der Waals surface area contributed by atoms with E-state index < -0.39 is 17.1 Å². The minimum absolute atomic E-state index is 0.0589. The largest absolute Gasteiger partial charge is 0.229 e. The maximum Gasteiger partial charge on any atom is 0.153 e. The second kappa shape index (κ2) is 10.0. The van der Waals surface area contributed by atoms with Gasteiger partial charge in [0, 0.05) is 0 Å². The second-order valence-corrected chi connectivity index (χ2v) is 13.0. The fourth-order valence-electron chi connectivity index (χ4n) is 3.82. The van der Waals surface area contributed by atoms with Crippen molar-refractivity contribution in [2.45, 2.75) is 12.8 Å². The SMILES string of the molecule is C=CCS(=O)(=O)CCCC[P](c1ccccc1)(c1ccccc1)c1ccccc1. The predicted molar refractivity (Wildman–Crippen MR) is 128 cm³/mol. The fourth-order valence-corrected chi connectivity index (χ4v) is 9.40. The molecule has 0 spiro atoms. The van der Waals surface area contributed by atoms with E-state index in [1.807, 2.05) is 0 Å². The van der Waals surface area contributed by atoms with Crippen LogP contribution in [0, 0.1) is 0 Å². The number of unbranched alkanes of at least 4 members (excludes halogenated alkanes) is 1. The number of hydrogen-bond donors (Lipinski definition) is 0. The summed E-state index contributed by atoms with van der Waals surface area (Å²) in [7, 11) is -4.91. The Bertz CT molecular complexity index is 904. The minimum Gasteiger partial charge on any atom is -0.229 e. The van der Waals surface area contributed by atoms with Crippen LogP contribution in [0.5, 0.6) is 0 Å². The first-order valence-electron chi connectivity index (χ1n) is 9.95. The van der Waals surface area contributed by atoms with E-state index in [1.54, 1.807) is 0 Å². The Labute approximate surface area is 175 Å². The molecule has 0 bridgehead atoms. The van der Waals surface area contributed by atoms with E-state index in [4.69, 9.17) is 0 Å². The van der Waals surface area contributed by atoms with E-state index in [9.17, 15) is 8.42 Å². The Kier molecular flexibility index (Phi) is 7.41. The van der Waals surface area contributed by atoms with Crippen molar-refractivity contribution in [2.24, 2.45) is 0 Å². The van der Waals surface area contributed by atoms with Gasteiger partial charge in [0.15, 0.2) is 9.84 Å². The Morgan fingerprint density at radius 2 is 1.10 bits per heavy atom. The molecule has 0 saturated heterocycles. The first kappa shape index (κ1) is 21.5. The fraction of sp³-hybridized carbons (Fsp3) is 0.200. The van der Waals surface area contributed by atoms with Gasteiger partial charge in [0.25, 0.3) is 0 Å². The third kappa shape index (κ3) is 5.23. The van der Waals surface area contributed by atoms with Crippen LogP contribution in [0.1, 0.15) is 12.8 Å². The van der Waals surface area contributed by atoms with Crippen LogP contribution in [0.4, 0.5) is 0 Å². The molecule has 0 saturated carbocycles. The Hall–Kier alpha value is -2.22. The first-order chi connectivity index (χ1) is 14.1. The predicted octanol–water partition coefficient (Wildman–Crippen LogP) is 4.36. The Balaban J connectivity index is 2.00. The monoisotopic (exact) mass is 423 g/mol. The molecule has 151 valence electrons. The highest BCUT2D eigenvalue weighted by Gasteiger charge is 2.33. The lowest BCUT2D eigenvalue weighted by Gasteiger charge is -2.38. The molecule has 0 fully saturated rings. The van der Waals surface area contributed by atoms with Crippen molar-refractivity contribution in [2.75, 3.05) is 17.7 Å². The third-order valence-electron chi connectivity index (χ3n) is 5.16. The number of sulfone groups is 1. The van der Waals surface area contributed by atoms with Gasteiger partial charge < -0.3 is 0 Å². The van der Waals surface area contributed by atoms with Crippen LogP contribution in [-0.2, 0) is 9.84 Å². The molecule has 2 nitrogen and oxygen atoms in total. The normalized spacial score (nSPS) is 11.9. The van der Waals surface area contributed by atoms with Gasteiger partial charge in [-0.05, 0) is 42.2 Å². The van der Waals surface area contributed by atoms with Crippen LogP contribution in [0.3, 0.4) is 0 Å². The molecule has 4 heteroatoms. The summed E-state index contributed by atoms with van der Waals surface area (Å²) >= 11 is 0. The standard InChI is InChI=1S/C25H28O2PS/c1-2-21-29(26,27)22-13-12-20-28(23-14-6-3-7-15-23,24-16-8-4-9-17-24)25-18-10-5-11-19-25/h2-11,14-19H,1,12-13,20-22H2. The van der Waals surface area contributed by atoms with Crippen molar-refractivity contribution >= 4 is 33.0 Å². The van der Waals surface area contributed by atoms with E-state index in [2.05, 4.69) is 97.6 Å². The second-order valence-electron chi connectivity index (χ2n) is 7.15. The maximum absolute atomic E-state index is 12.1. The summed E-state index contributed by atoms with van der Waals surface area (Å²) in [6.45, 7) is 3.56. The maximum atomic E-state index is 12.1. The average molecular weight is 424 g/mol. The molecule has 1 radical (unpaired) electrons. The summed E-state index contributed by atoms with van der Waals surface area (Å²) in [4.78, 5) is 0. The molecule has 0 heterocycles. The number of rotatable bonds is 10. The van der Waals surface area contributed by atoms with E-state index in [-0.39, 0.29) is 11.5 Å². The molecular formula is C25H28O2PS. The minimum atomic E-state index is -3.05. The smallest absolute Gasteiger partial charge is 0.153 e. The van der Waals surface area contributed by atoms with Gasteiger partial charge in [0.2, 0.25) is 0 Å². The molecule has 29 heavy (non-hydrogen) atoms. The molecule has 0 amide bonds. The van der Waals surface area contributed by atoms with Gasteiger partial charge >= 0.3 is 0 Å².